The molecule has 2 heteroatoms. The minimum absolute atomic E-state index is 1.06. The summed E-state index contributed by atoms with van der Waals surface area (Å²) in [6, 6.07) is 18.1. The Morgan fingerprint density at radius 2 is 0.929 bits per heavy atom. The van der Waals surface area contributed by atoms with Crippen LogP contribution < -0.4 is 0 Å². The quantitative estimate of drug-likeness (QED) is 0.375. The predicted molar refractivity (Wildman–Crippen MR) is 127 cm³/mol. The first-order chi connectivity index (χ1) is 13.5. The molecule has 0 amide bonds. The van der Waals surface area contributed by atoms with Crippen molar-refractivity contribution >= 4 is 23.5 Å². The van der Waals surface area contributed by atoms with Crippen molar-refractivity contribution in [3.05, 3.63) is 93.0 Å². The van der Waals surface area contributed by atoms with Crippen LogP contribution in [-0.4, -0.2) is 0 Å². The van der Waals surface area contributed by atoms with Crippen molar-refractivity contribution in [3.8, 4) is 11.1 Å². The number of hydrogen-bond acceptors (Lipinski definition) is 2. The summed E-state index contributed by atoms with van der Waals surface area (Å²) in [6.45, 7) is 9.27. The topological polar surface area (TPSA) is 0 Å². The van der Waals surface area contributed by atoms with E-state index in [2.05, 4.69) is 76.2 Å². The smallest absolute Gasteiger partial charge is 0.0193 e. The molecule has 0 fully saturated rings. The molecular formula is C26H28S2. The van der Waals surface area contributed by atoms with Crippen LogP contribution in [0.3, 0.4) is 0 Å². The molecule has 2 aliphatic heterocycles. The van der Waals surface area contributed by atoms with Crippen LogP contribution in [0.5, 0.6) is 0 Å². The maximum Gasteiger partial charge on any atom is 0.0193 e. The van der Waals surface area contributed by atoms with Crippen LogP contribution in [0.1, 0.15) is 44.5 Å². The molecule has 2 heterocycles. The third-order valence-electron chi connectivity index (χ3n) is 6.15. The van der Waals surface area contributed by atoms with Crippen molar-refractivity contribution < 1.29 is 0 Å². The maximum absolute atomic E-state index is 2.37. The Kier molecular flexibility index (Phi) is 5.89. The fourth-order valence-electron chi connectivity index (χ4n) is 4.12. The number of rotatable bonds is 0. The van der Waals surface area contributed by atoms with Crippen LogP contribution in [0, 0.1) is 27.7 Å². The van der Waals surface area contributed by atoms with Crippen molar-refractivity contribution in [1.82, 2.24) is 0 Å². The molecule has 144 valence electrons. The van der Waals surface area contributed by atoms with Crippen molar-refractivity contribution in [2.24, 2.45) is 0 Å². The van der Waals surface area contributed by atoms with Gasteiger partial charge in [-0.25, -0.2) is 0 Å². The third-order valence-corrected chi connectivity index (χ3v) is 8.21. The van der Waals surface area contributed by atoms with E-state index in [0.29, 0.717) is 0 Å². The van der Waals surface area contributed by atoms with Crippen molar-refractivity contribution in [1.29, 1.82) is 0 Å². The van der Waals surface area contributed by atoms with E-state index in [1.807, 2.05) is 23.5 Å². The van der Waals surface area contributed by atoms with Gasteiger partial charge in [0.15, 0.2) is 0 Å². The lowest BCUT2D eigenvalue weighted by molar-refractivity contribution is 1.11. The van der Waals surface area contributed by atoms with Crippen molar-refractivity contribution in [2.45, 2.75) is 50.7 Å². The van der Waals surface area contributed by atoms with E-state index < -0.39 is 0 Å². The fourth-order valence-corrected chi connectivity index (χ4v) is 6.43. The molecule has 0 aliphatic carbocycles. The molecular weight excluding hydrogens is 376 g/mol. The summed E-state index contributed by atoms with van der Waals surface area (Å²) in [5, 5.41) is 0. The lowest BCUT2D eigenvalue weighted by Crippen LogP contribution is -2.04. The molecule has 0 saturated carbocycles. The van der Waals surface area contributed by atoms with E-state index >= 15 is 0 Å². The van der Waals surface area contributed by atoms with Crippen molar-refractivity contribution in [2.75, 3.05) is 0 Å². The van der Waals surface area contributed by atoms with Crippen LogP contribution >= 0.6 is 23.5 Å². The Bertz CT molecular complexity index is 905. The van der Waals surface area contributed by atoms with Gasteiger partial charge in [0.25, 0.3) is 0 Å². The van der Waals surface area contributed by atoms with Gasteiger partial charge in [0.05, 0.1) is 0 Å². The summed E-state index contributed by atoms with van der Waals surface area (Å²) in [5.74, 6) is 4.29. The predicted octanol–water partition coefficient (Wildman–Crippen LogP) is 7.77. The molecule has 3 aromatic rings. The van der Waals surface area contributed by atoms with Crippen LogP contribution in [0.25, 0.3) is 11.1 Å². The van der Waals surface area contributed by atoms with E-state index in [4.69, 9.17) is 0 Å². The van der Waals surface area contributed by atoms with Gasteiger partial charge in [-0.05, 0) is 83.3 Å². The third kappa shape index (κ3) is 3.90. The Labute approximate surface area is 178 Å². The second-order valence-corrected chi connectivity index (χ2v) is 9.81. The maximum atomic E-state index is 2.37. The highest BCUT2D eigenvalue weighted by atomic mass is 32.2. The Balaban J connectivity index is 1.77. The van der Waals surface area contributed by atoms with Crippen LogP contribution in [-0.2, 0) is 23.0 Å². The molecule has 5 rings (SSSR count). The molecule has 0 nitrogen and oxygen atoms in total. The second kappa shape index (κ2) is 8.39. The van der Waals surface area contributed by atoms with Crippen LogP contribution in [0.2, 0.25) is 0 Å². The fraction of sp³-hybridized carbons (Fsp3) is 0.308. The molecule has 0 atom stereocenters. The first-order valence-electron chi connectivity index (χ1n) is 9.96. The molecule has 0 unspecified atom stereocenters. The summed E-state index contributed by atoms with van der Waals surface area (Å²) in [5.41, 5.74) is 14.6. The number of thioether (sulfide) groups is 2. The average Bonchev–Trinajstić information content (AvgIpc) is 2.71. The lowest BCUT2D eigenvalue weighted by atomic mass is 9.90. The standard InChI is InChI=1S/C26H28S2/c1-17-18(2)26-16-28-14-22-8-6-10-24(12-22)23-9-5-7-21(11-23)13-27-15-25(17)19(3)20(26)4/h5-12H,13-16H2,1-4H3. The molecule has 0 spiro atoms. The zero-order valence-electron chi connectivity index (χ0n) is 17.3. The normalized spacial score (nSPS) is 14.3. The van der Waals surface area contributed by atoms with E-state index in [-0.39, 0.29) is 0 Å². The molecule has 2 aliphatic rings. The van der Waals surface area contributed by atoms with Gasteiger partial charge in [-0.1, -0.05) is 48.5 Å². The highest BCUT2D eigenvalue weighted by molar-refractivity contribution is 7.98. The molecule has 3 aromatic carbocycles. The molecule has 6 bridgehead atoms. The minimum Gasteiger partial charge on any atom is -0.152 e. The Hall–Kier alpha value is -1.64. The summed E-state index contributed by atoms with van der Waals surface area (Å²) < 4.78 is 0. The van der Waals surface area contributed by atoms with Crippen molar-refractivity contribution in [3.63, 3.8) is 0 Å². The number of hydrogen-bond donors (Lipinski definition) is 0. The van der Waals surface area contributed by atoms with Gasteiger partial charge in [-0.2, -0.15) is 23.5 Å². The monoisotopic (exact) mass is 404 g/mol. The van der Waals surface area contributed by atoms with E-state index in [1.165, 1.54) is 44.5 Å². The molecule has 28 heavy (non-hydrogen) atoms. The van der Waals surface area contributed by atoms with Gasteiger partial charge < -0.3 is 0 Å². The summed E-state index contributed by atoms with van der Waals surface area (Å²) >= 11 is 4.07. The number of fused-ring (bicyclic) bond motifs is 6. The molecule has 0 saturated heterocycles. The van der Waals surface area contributed by atoms with Gasteiger partial charge in [0.2, 0.25) is 0 Å². The van der Waals surface area contributed by atoms with Gasteiger partial charge >= 0.3 is 0 Å². The highest BCUT2D eigenvalue weighted by Gasteiger charge is 2.15. The van der Waals surface area contributed by atoms with Crippen LogP contribution in [0.15, 0.2) is 48.5 Å². The summed E-state index contributed by atoms with van der Waals surface area (Å²) in [7, 11) is 0. The zero-order valence-corrected chi connectivity index (χ0v) is 18.9. The zero-order chi connectivity index (χ0) is 19.7. The average molecular weight is 405 g/mol. The van der Waals surface area contributed by atoms with E-state index in [9.17, 15) is 0 Å². The van der Waals surface area contributed by atoms with Gasteiger partial charge in [0, 0.05) is 23.0 Å². The van der Waals surface area contributed by atoms with Gasteiger partial charge in [-0.15, -0.1) is 0 Å². The SMILES string of the molecule is Cc1c(C)c2c(C)c(C)c1CSCc1cccc(c1)-c1cccc(c1)CSC2. The largest absolute Gasteiger partial charge is 0.152 e. The summed E-state index contributed by atoms with van der Waals surface area (Å²) in [4.78, 5) is 0. The Morgan fingerprint density at radius 1 is 0.536 bits per heavy atom. The van der Waals surface area contributed by atoms with Gasteiger partial charge in [-0.3, -0.25) is 0 Å². The summed E-state index contributed by atoms with van der Waals surface area (Å²) in [6.07, 6.45) is 0. The molecule has 0 aromatic heterocycles. The lowest BCUT2D eigenvalue weighted by Gasteiger charge is -2.21. The Morgan fingerprint density at radius 3 is 1.32 bits per heavy atom. The van der Waals surface area contributed by atoms with E-state index in [1.54, 1.807) is 11.1 Å². The van der Waals surface area contributed by atoms with E-state index in [0.717, 1.165) is 23.0 Å². The first-order valence-corrected chi connectivity index (χ1v) is 12.3. The molecule has 0 N–H and O–H groups in total. The highest BCUT2D eigenvalue weighted by Crippen LogP contribution is 2.34. The second-order valence-electron chi connectivity index (χ2n) is 7.84. The minimum atomic E-state index is 1.06. The molecule has 0 radical (unpaired) electrons. The van der Waals surface area contributed by atoms with Gasteiger partial charge in [0.1, 0.15) is 0 Å². The first kappa shape index (κ1) is 19.7. The number of benzene rings is 3. The van der Waals surface area contributed by atoms with Crippen LogP contribution in [0.4, 0.5) is 0 Å².